The molecule has 0 bridgehead atoms. The van der Waals surface area contributed by atoms with Crippen molar-refractivity contribution in [3.05, 3.63) is 18.0 Å². The highest BCUT2D eigenvalue weighted by Gasteiger charge is 2.18. The van der Waals surface area contributed by atoms with Crippen LogP contribution in [0, 0.1) is 0 Å². The van der Waals surface area contributed by atoms with Crippen LogP contribution in [-0.2, 0) is 16.6 Å². The number of hydrogen-bond donors (Lipinski definition) is 1. The number of aromatic nitrogens is 2. The van der Waals surface area contributed by atoms with Crippen molar-refractivity contribution < 1.29 is 9.53 Å². The summed E-state index contributed by atoms with van der Waals surface area (Å²) in [4.78, 5) is 14.7. The van der Waals surface area contributed by atoms with E-state index in [-0.39, 0.29) is 11.9 Å². The number of ether oxygens (including phenoxy) is 1. The number of methoxy groups -OCH3 is 1. The van der Waals surface area contributed by atoms with Gasteiger partial charge in [0, 0.05) is 33.3 Å². The van der Waals surface area contributed by atoms with E-state index in [0.29, 0.717) is 13.0 Å². The topological polar surface area (TPSA) is 59.4 Å². The summed E-state index contributed by atoms with van der Waals surface area (Å²) in [6.45, 7) is 3.54. The van der Waals surface area contributed by atoms with E-state index in [1.165, 1.54) is 32.1 Å². The molecule has 0 aromatic carbocycles. The summed E-state index contributed by atoms with van der Waals surface area (Å²) in [6.07, 6.45) is 8.78. The summed E-state index contributed by atoms with van der Waals surface area (Å²) in [5, 5.41) is 7.24. The molecule has 1 aromatic heterocycles. The molecular weight excluding hydrogens is 292 g/mol. The first-order chi connectivity index (χ1) is 11.2. The Morgan fingerprint density at radius 3 is 2.61 bits per heavy atom. The molecule has 1 aromatic rings. The fraction of sp³-hybridized carbons (Fsp3) is 0.765. The third-order valence-corrected chi connectivity index (χ3v) is 4.49. The number of aryl methyl sites for hydroxylation is 1. The molecule has 130 valence electrons. The molecule has 1 atom stereocenters. The van der Waals surface area contributed by atoms with Gasteiger partial charge in [0.2, 0.25) is 5.91 Å². The highest BCUT2D eigenvalue weighted by atomic mass is 16.5. The van der Waals surface area contributed by atoms with Crippen LogP contribution in [0.4, 0.5) is 0 Å². The lowest BCUT2D eigenvalue weighted by atomic mass is 10.1. The third-order valence-electron chi connectivity index (χ3n) is 4.49. The Hall–Kier alpha value is -1.40. The molecule has 2 rings (SSSR count). The minimum Gasteiger partial charge on any atom is -0.382 e. The van der Waals surface area contributed by atoms with Crippen LogP contribution in [0.5, 0.6) is 0 Å². The predicted molar refractivity (Wildman–Crippen MR) is 90.1 cm³/mol. The number of rotatable bonds is 7. The van der Waals surface area contributed by atoms with Gasteiger partial charge in [-0.1, -0.05) is 19.3 Å². The Morgan fingerprint density at radius 2 is 2.00 bits per heavy atom. The molecule has 2 heterocycles. The number of carbonyl (C=O) groups excluding carboxylic acids is 1. The first-order valence-electron chi connectivity index (χ1n) is 8.69. The van der Waals surface area contributed by atoms with Gasteiger partial charge in [0.05, 0.1) is 18.3 Å². The van der Waals surface area contributed by atoms with Gasteiger partial charge in [0.15, 0.2) is 0 Å². The zero-order valence-corrected chi connectivity index (χ0v) is 14.5. The van der Waals surface area contributed by atoms with Gasteiger partial charge in [0.25, 0.3) is 0 Å². The molecule has 1 aliphatic rings. The van der Waals surface area contributed by atoms with E-state index in [1.54, 1.807) is 18.0 Å². The molecule has 0 spiro atoms. The van der Waals surface area contributed by atoms with Gasteiger partial charge in [-0.15, -0.1) is 0 Å². The number of nitrogens with zero attached hydrogens (tertiary/aromatic N) is 3. The maximum Gasteiger partial charge on any atom is 0.221 e. The first-order valence-corrected chi connectivity index (χ1v) is 8.69. The van der Waals surface area contributed by atoms with Crippen molar-refractivity contribution in [1.82, 2.24) is 20.0 Å². The van der Waals surface area contributed by atoms with Crippen molar-refractivity contribution in [1.29, 1.82) is 0 Å². The van der Waals surface area contributed by atoms with E-state index in [2.05, 4.69) is 15.3 Å². The largest absolute Gasteiger partial charge is 0.382 e. The molecule has 1 fully saturated rings. The number of amides is 1. The normalized spacial score (nSPS) is 18.2. The fourth-order valence-electron chi connectivity index (χ4n) is 3.16. The number of carbonyl (C=O) groups is 1. The molecule has 0 unspecified atom stereocenters. The van der Waals surface area contributed by atoms with Crippen LogP contribution >= 0.6 is 0 Å². The average Bonchev–Trinajstić information content (AvgIpc) is 2.92. The van der Waals surface area contributed by atoms with Crippen LogP contribution in [0.1, 0.15) is 50.3 Å². The SMILES string of the molecule is COC[C@@H](NC(=O)CCN1CCCCCCC1)c1ccnn1C. The van der Waals surface area contributed by atoms with Crippen LogP contribution in [0.15, 0.2) is 12.3 Å². The number of hydrogen-bond acceptors (Lipinski definition) is 4. The van der Waals surface area contributed by atoms with Crippen molar-refractivity contribution in [3.8, 4) is 0 Å². The average molecular weight is 322 g/mol. The standard InChI is InChI=1S/C17H30N4O2/c1-20-16(8-10-18-20)15(14-23-2)19-17(22)9-13-21-11-6-4-3-5-7-12-21/h8,10,15H,3-7,9,11-14H2,1-2H3,(H,19,22)/t15-/m1/s1. The molecule has 0 aliphatic carbocycles. The van der Waals surface area contributed by atoms with Gasteiger partial charge >= 0.3 is 0 Å². The van der Waals surface area contributed by atoms with Crippen molar-refractivity contribution >= 4 is 5.91 Å². The second-order valence-corrected chi connectivity index (χ2v) is 6.31. The third kappa shape index (κ3) is 5.95. The Bertz CT molecular complexity index is 467. The Balaban J connectivity index is 1.80. The molecular formula is C17H30N4O2. The smallest absolute Gasteiger partial charge is 0.221 e. The zero-order valence-electron chi connectivity index (χ0n) is 14.5. The maximum atomic E-state index is 12.3. The minimum atomic E-state index is -0.146. The van der Waals surface area contributed by atoms with E-state index in [0.717, 1.165) is 25.3 Å². The van der Waals surface area contributed by atoms with Gasteiger partial charge in [-0.25, -0.2) is 0 Å². The van der Waals surface area contributed by atoms with E-state index in [9.17, 15) is 4.79 Å². The lowest BCUT2D eigenvalue weighted by molar-refractivity contribution is -0.122. The minimum absolute atomic E-state index is 0.0790. The second-order valence-electron chi connectivity index (χ2n) is 6.31. The zero-order chi connectivity index (χ0) is 16.5. The molecule has 1 aliphatic heterocycles. The van der Waals surface area contributed by atoms with Crippen LogP contribution in [0.25, 0.3) is 0 Å². The van der Waals surface area contributed by atoms with Crippen molar-refractivity contribution in [3.63, 3.8) is 0 Å². The van der Waals surface area contributed by atoms with Crippen molar-refractivity contribution in [2.45, 2.75) is 44.6 Å². The summed E-state index contributed by atoms with van der Waals surface area (Å²) < 4.78 is 7.02. The van der Waals surface area contributed by atoms with E-state index in [4.69, 9.17) is 4.74 Å². The molecule has 0 radical (unpaired) electrons. The second kappa shape index (κ2) is 9.67. The van der Waals surface area contributed by atoms with Crippen LogP contribution in [0.3, 0.4) is 0 Å². The van der Waals surface area contributed by atoms with Gasteiger partial charge in [-0.05, 0) is 32.0 Å². The lowest BCUT2D eigenvalue weighted by Gasteiger charge is -2.25. The van der Waals surface area contributed by atoms with E-state index >= 15 is 0 Å². The van der Waals surface area contributed by atoms with Crippen LogP contribution in [-0.4, -0.2) is 53.9 Å². The quantitative estimate of drug-likeness (QED) is 0.833. The van der Waals surface area contributed by atoms with Gasteiger partial charge in [-0.2, -0.15) is 5.10 Å². The molecule has 6 nitrogen and oxygen atoms in total. The summed E-state index contributed by atoms with van der Waals surface area (Å²) >= 11 is 0. The number of likely N-dealkylation sites (tertiary alicyclic amines) is 1. The monoisotopic (exact) mass is 322 g/mol. The Morgan fingerprint density at radius 1 is 1.30 bits per heavy atom. The Kier molecular flexibility index (Phi) is 7.55. The van der Waals surface area contributed by atoms with Gasteiger partial charge < -0.3 is 15.0 Å². The lowest BCUT2D eigenvalue weighted by Crippen LogP contribution is -2.36. The molecule has 6 heteroatoms. The van der Waals surface area contributed by atoms with Crippen molar-refractivity contribution in [2.75, 3.05) is 33.4 Å². The van der Waals surface area contributed by atoms with Crippen molar-refractivity contribution in [2.24, 2.45) is 7.05 Å². The summed E-state index contributed by atoms with van der Waals surface area (Å²) in [5.41, 5.74) is 0.964. The number of nitrogens with one attached hydrogen (secondary N) is 1. The molecule has 1 N–H and O–H groups in total. The Labute approximate surface area is 139 Å². The molecule has 1 amide bonds. The fourth-order valence-corrected chi connectivity index (χ4v) is 3.16. The first kappa shape index (κ1) is 17.9. The van der Waals surface area contributed by atoms with Crippen LogP contribution in [0.2, 0.25) is 0 Å². The van der Waals surface area contributed by atoms with E-state index < -0.39 is 0 Å². The van der Waals surface area contributed by atoms with Gasteiger partial charge in [0.1, 0.15) is 0 Å². The molecule has 1 saturated heterocycles. The van der Waals surface area contributed by atoms with Crippen LogP contribution < -0.4 is 5.32 Å². The predicted octanol–water partition coefficient (Wildman–Crippen LogP) is 1.88. The maximum absolute atomic E-state index is 12.3. The van der Waals surface area contributed by atoms with E-state index in [1.807, 2.05) is 13.1 Å². The summed E-state index contributed by atoms with van der Waals surface area (Å²) in [6, 6.07) is 1.77. The highest BCUT2D eigenvalue weighted by molar-refractivity contribution is 5.76. The van der Waals surface area contributed by atoms with Gasteiger partial charge in [-0.3, -0.25) is 9.48 Å². The summed E-state index contributed by atoms with van der Waals surface area (Å²) in [5.74, 6) is 0.0790. The molecule has 23 heavy (non-hydrogen) atoms. The highest BCUT2D eigenvalue weighted by Crippen LogP contribution is 2.13. The summed E-state index contributed by atoms with van der Waals surface area (Å²) in [7, 11) is 3.53. The molecule has 0 saturated carbocycles.